The standard InChI is InChI=1S/C18H11N9OS/c19-8-13-16(11-2-4-12(5-3-11)27-7-1-6-21-27)14(9-20)18(22-17(13)28)29-10-15-23-25-26-24-15/h1-7H,10H2,(H,22,28)(H,23,24,25,26). The van der Waals surface area contributed by atoms with E-state index in [1.165, 1.54) is 11.8 Å². The van der Waals surface area contributed by atoms with E-state index in [4.69, 9.17) is 0 Å². The maximum Gasteiger partial charge on any atom is 0.267 e. The third-order valence-corrected chi connectivity index (χ3v) is 5.06. The van der Waals surface area contributed by atoms with Crippen molar-refractivity contribution in [2.75, 3.05) is 0 Å². The third-order valence-electron chi connectivity index (χ3n) is 4.06. The predicted molar refractivity (Wildman–Crippen MR) is 103 cm³/mol. The highest BCUT2D eigenvalue weighted by Crippen LogP contribution is 2.32. The Hall–Kier alpha value is -4.22. The topological polar surface area (TPSA) is 153 Å². The van der Waals surface area contributed by atoms with Gasteiger partial charge in [0.25, 0.3) is 5.56 Å². The fraction of sp³-hybridized carbons (Fsp3) is 0.0556. The molecule has 10 nitrogen and oxygen atoms in total. The van der Waals surface area contributed by atoms with Crippen molar-refractivity contribution < 1.29 is 0 Å². The Bertz CT molecular complexity index is 1280. The van der Waals surface area contributed by atoms with Gasteiger partial charge in [-0.15, -0.1) is 10.2 Å². The van der Waals surface area contributed by atoms with Gasteiger partial charge in [0.05, 0.1) is 22.0 Å². The lowest BCUT2D eigenvalue weighted by atomic mass is 9.97. The van der Waals surface area contributed by atoms with E-state index < -0.39 is 5.56 Å². The number of benzene rings is 1. The Labute approximate surface area is 167 Å². The average Bonchev–Trinajstić information content (AvgIpc) is 3.46. The van der Waals surface area contributed by atoms with E-state index >= 15 is 0 Å². The average molecular weight is 401 g/mol. The molecule has 3 aromatic heterocycles. The van der Waals surface area contributed by atoms with Crippen LogP contribution in [0.3, 0.4) is 0 Å². The van der Waals surface area contributed by atoms with Gasteiger partial charge in [0, 0.05) is 18.0 Å². The number of thioether (sulfide) groups is 1. The molecule has 29 heavy (non-hydrogen) atoms. The number of aromatic nitrogens is 7. The van der Waals surface area contributed by atoms with Crippen LogP contribution in [0.5, 0.6) is 0 Å². The van der Waals surface area contributed by atoms with E-state index in [0.29, 0.717) is 27.7 Å². The normalized spacial score (nSPS) is 10.4. The zero-order chi connectivity index (χ0) is 20.2. The molecule has 140 valence electrons. The van der Waals surface area contributed by atoms with E-state index in [-0.39, 0.29) is 11.1 Å². The lowest BCUT2D eigenvalue weighted by Crippen LogP contribution is -2.15. The van der Waals surface area contributed by atoms with Gasteiger partial charge in [-0.1, -0.05) is 29.1 Å². The van der Waals surface area contributed by atoms with Crippen LogP contribution in [0.1, 0.15) is 17.0 Å². The first kappa shape index (κ1) is 18.2. The summed E-state index contributed by atoms with van der Waals surface area (Å²) in [5, 5.41) is 37.3. The van der Waals surface area contributed by atoms with Gasteiger partial charge in [-0.2, -0.15) is 20.8 Å². The summed E-state index contributed by atoms with van der Waals surface area (Å²) in [5.41, 5.74) is 1.22. The van der Waals surface area contributed by atoms with Crippen LogP contribution in [0.15, 0.2) is 52.5 Å². The third kappa shape index (κ3) is 3.50. The quantitative estimate of drug-likeness (QED) is 0.480. The molecule has 2 N–H and O–H groups in total. The summed E-state index contributed by atoms with van der Waals surface area (Å²) in [5.74, 6) is 0.722. The van der Waals surface area contributed by atoms with E-state index in [1.54, 1.807) is 47.4 Å². The maximum absolute atomic E-state index is 12.5. The van der Waals surface area contributed by atoms with Crippen molar-refractivity contribution in [1.82, 2.24) is 35.4 Å². The Morgan fingerprint density at radius 3 is 2.55 bits per heavy atom. The lowest BCUT2D eigenvalue weighted by Gasteiger charge is -2.11. The van der Waals surface area contributed by atoms with Gasteiger partial charge in [0.2, 0.25) is 0 Å². The van der Waals surface area contributed by atoms with Gasteiger partial charge < -0.3 is 4.98 Å². The SMILES string of the molecule is N#Cc1c(SCc2nn[nH]n2)[nH]c(=O)c(C#N)c1-c1ccc(-n2cccn2)cc1. The monoisotopic (exact) mass is 401 g/mol. The van der Waals surface area contributed by atoms with Crippen molar-refractivity contribution >= 4 is 11.8 Å². The molecular formula is C18H11N9OS. The van der Waals surface area contributed by atoms with Gasteiger partial charge in [-0.05, 0) is 23.8 Å². The summed E-state index contributed by atoms with van der Waals surface area (Å²) >= 11 is 1.19. The molecule has 0 aliphatic rings. The number of tetrazole rings is 1. The molecule has 0 aliphatic heterocycles. The van der Waals surface area contributed by atoms with Crippen LogP contribution in [-0.2, 0) is 5.75 Å². The van der Waals surface area contributed by atoms with Gasteiger partial charge >= 0.3 is 0 Å². The van der Waals surface area contributed by atoms with Crippen molar-refractivity contribution in [2.45, 2.75) is 10.8 Å². The lowest BCUT2D eigenvalue weighted by molar-refractivity contribution is 0.881. The molecule has 0 aliphatic carbocycles. The molecule has 4 rings (SSSR count). The number of pyridine rings is 1. The van der Waals surface area contributed by atoms with Crippen LogP contribution in [0, 0.1) is 22.7 Å². The van der Waals surface area contributed by atoms with Crippen LogP contribution in [0.4, 0.5) is 0 Å². The predicted octanol–water partition coefficient (Wildman–Crippen LogP) is 1.78. The minimum atomic E-state index is -0.562. The highest BCUT2D eigenvalue weighted by Gasteiger charge is 2.20. The van der Waals surface area contributed by atoms with Crippen molar-refractivity contribution in [3.05, 3.63) is 70.0 Å². The van der Waals surface area contributed by atoms with Gasteiger partial charge in [0.1, 0.15) is 17.7 Å². The van der Waals surface area contributed by atoms with Gasteiger partial charge in [0.15, 0.2) is 5.82 Å². The van der Waals surface area contributed by atoms with Crippen LogP contribution in [0.25, 0.3) is 16.8 Å². The largest absolute Gasteiger partial charge is 0.315 e. The zero-order valence-electron chi connectivity index (χ0n) is 14.7. The summed E-state index contributed by atoms with van der Waals surface area (Å²) in [7, 11) is 0. The fourth-order valence-electron chi connectivity index (χ4n) is 2.77. The minimum absolute atomic E-state index is 0.114. The van der Waals surface area contributed by atoms with Crippen molar-refractivity contribution in [3.8, 4) is 29.0 Å². The molecule has 4 aromatic rings. The Morgan fingerprint density at radius 1 is 1.14 bits per heavy atom. The molecule has 11 heteroatoms. The molecule has 1 aromatic carbocycles. The summed E-state index contributed by atoms with van der Waals surface area (Å²) < 4.78 is 1.68. The van der Waals surface area contributed by atoms with Crippen LogP contribution >= 0.6 is 11.8 Å². The first-order valence-corrected chi connectivity index (χ1v) is 9.26. The number of hydrogen-bond acceptors (Lipinski definition) is 8. The summed E-state index contributed by atoms with van der Waals surface area (Å²) in [6, 6.07) is 12.9. The van der Waals surface area contributed by atoms with Crippen molar-refractivity contribution in [1.29, 1.82) is 10.5 Å². The number of H-pyrrole nitrogens is 2. The molecule has 0 fully saturated rings. The minimum Gasteiger partial charge on any atom is -0.315 e. The highest BCUT2D eigenvalue weighted by atomic mass is 32.2. The maximum atomic E-state index is 12.5. The molecular weight excluding hydrogens is 390 g/mol. The second-order valence-electron chi connectivity index (χ2n) is 5.75. The van der Waals surface area contributed by atoms with E-state index in [2.05, 4.69) is 36.8 Å². The fourth-order valence-corrected chi connectivity index (χ4v) is 3.63. The second-order valence-corrected chi connectivity index (χ2v) is 6.73. The van der Waals surface area contributed by atoms with E-state index in [0.717, 1.165) is 5.69 Å². The number of nitrogens with zero attached hydrogens (tertiary/aromatic N) is 7. The Morgan fingerprint density at radius 2 is 1.93 bits per heavy atom. The highest BCUT2D eigenvalue weighted by molar-refractivity contribution is 7.98. The number of nitrogens with one attached hydrogen (secondary N) is 2. The van der Waals surface area contributed by atoms with Crippen LogP contribution in [0.2, 0.25) is 0 Å². The van der Waals surface area contributed by atoms with Crippen molar-refractivity contribution in [2.24, 2.45) is 0 Å². The zero-order valence-corrected chi connectivity index (χ0v) is 15.5. The molecule has 0 atom stereocenters. The number of hydrogen-bond donors (Lipinski definition) is 2. The smallest absolute Gasteiger partial charge is 0.267 e. The van der Waals surface area contributed by atoms with Gasteiger partial charge in [-0.3, -0.25) is 4.79 Å². The first-order valence-electron chi connectivity index (χ1n) is 8.27. The molecule has 0 spiro atoms. The van der Waals surface area contributed by atoms with Crippen LogP contribution in [-0.4, -0.2) is 35.4 Å². The van der Waals surface area contributed by atoms with E-state index in [9.17, 15) is 15.3 Å². The van der Waals surface area contributed by atoms with Crippen LogP contribution < -0.4 is 5.56 Å². The molecule has 0 bridgehead atoms. The molecule has 0 saturated heterocycles. The Balaban J connectivity index is 1.80. The number of nitriles is 2. The Kier molecular flexibility index (Phi) is 4.88. The summed E-state index contributed by atoms with van der Waals surface area (Å²) in [4.78, 5) is 15.1. The molecule has 0 radical (unpaired) electrons. The first-order chi connectivity index (χ1) is 14.2. The molecule has 3 heterocycles. The number of rotatable bonds is 5. The molecule has 0 unspecified atom stereocenters. The van der Waals surface area contributed by atoms with Crippen molar-refractivity contribution in [3.63, 3.8) is 0 Å². The molecule has 0 saturated carbocycles. The number of aromatic amines is 2. The second kappa shape index (κ2) is 7.80. The molecule has 0 amide bonds. The van der Waals surface area contributed by atoms with Gasteiger partial charge in [-0.25, -0.2) is 4.68 Å². The summed E-state index contributed by atoms with van der Waals surface area (Å²) in [6.45, 7) is 0. The van der Waals surface area contributed by atoms with E-state index in [1.807, 2.05) is 6.07 Å². The summed E-state index contributed by atoms with van der Waals surface area (Å²) in [6.07, 6.45) is 3.47.